The average molecular weight is 578 g/mol. The minimum Gasteiger partial charge on any atom is -0.324 e. The molecule has 6 rings (SSSR count). The van der Waals surface area contributed by atoms with E-state index in [1.807, 2.05) is 61.5 Å². The van der Waals surface area contributed by atoms with Crippen LogP contribution in [0.15, 0.2) is 79.4 Å². The lowest BCUT2D eigenvalue weighted by molar-refractivity contribution is 0.102. The summed E-state index contributed by atoms with van der Waals surface area (Å²) in [4.78, 5) is 32.3. The number of amides is 1. The molecule has 212 valence electrons. The third-order valence-corrected chi connectivity index (χ3v) is 8.01. The Labute approximate surface area is 248 Å². The molecule has 11 heteroatoms. The van der Waals surface area contributed by atoms with Gasteiger partial charge in [0.1, 0.15) is 0 Å². The van der Waals surface area contributed by atoms with Crippen molar-refractivity contribution in [2.45, 2.75) is 13.5 Å². The summed E-state index contributed by atoms with van der Waals surface area (Å²) in [7, 11) is 2.16. The van der Waals surface area contributed by atoms with Crippen LogP contribution in [-0.4, -0.2) is 73.5 Å². The van der Waals surface area contributed by atoms with E-state index >= 15 is 0 Å². The molecule has 2 N–H and O–H groups in total. The minimum absolute atomic E-state index is 0.155. The number of aryl methyl sites for hydroxylation is 1. The van der Waals surface area contributed by atoms with Crippen LogP contribution in [0.4, 0.5) is 17.3 Å². The van der Waals surface area contributed by atoms with E-state index in [2.05, 4.69) is 47.0 Å². The molecule has 3 aromatic heterocycles. The van der Waals surface area contributed by atoms with Crippen LogP contribution in [0.1, 0.15) is 21.5 Å². The summed E-state index contributed by atoms with van der Waals surface area (Å²) in [6, 6.07) is 17.5. The Bertz CT molecular complexity index is 1670. The van der Waals surface area contributed by atoms with Crippen LogP contribution in [0.3, 0.4) is 0 Å². The van der Waals surface area contributed by atoms with E-state index in [0.29, 0.717) is 17.2 Å². The zero-order valence-corrected chi connectivity index (χ0v) is 24.3. The van der Waals surface area contributed by atoms with Gasteiger partial charge >= 0.3 is 0 Å². The molecule has 0 bridgehead atoms. The van der Waals surface area contributed by atoms with Crippen molar-refractivity contribution in [1.82, 2.24) is 34.3 Å². The van der Waals surface area contributed by atoms with Crippen molar-refractivity contribution < 1.29 is 4.79 Å². The van der Waals surface area contributed by atoms with Gasteiger partial charge in [-0.15, -0.1) is 5.10 Å². The third kappa shape index (κ3) is 6.65. The number of benzene rings is 2. The molecule has 5 aromatic rings. The van der Waals surface area contributed by atoms with Crippen molar-refractivity contribution in [3.05, 3.63) is 96.1 Å². The van der Waals surface area contributed by atoms with Crippen LogP contribution < -0.4 is 10.6 Å². The molecule has 0 unspecified atom stereocenters. The van der Waals surface area contributed by atoms with E-state index in [4.69, 9.17) is 4.98 Å². The highest BCUT2D eigenvalue weighted by atomic mass is 32.1. The molecular weight excluding hydrogens is 546 g/mol. The first-order chi connectivity index (χ1) is 20.5. The van der Waals surface area contributed by atoms with E-state index in [1.54, 1.807) is 24.8 Å². The van der Waals surface area contributed by atoms with Crippen molar-refractivity contribution >= 4 is 34.8 Å². The number of nitrogens with zero attached hydrogens (tertiary/aromatic N) is 7. The van der Waals surface area contributed by atoms with Crippen molar-refractivity contribution in [2.75, 3.05) is 43.9 Å². The van der Waals surface area contributed by atoms with Crippen molar-refractivity contribution in [3.63, 3.8) is 0 Å². The second kappa shape index (κ2) is 12.5. The first-order valence-electron chi connectivity index (χ1n) is 13.8. The number of carbonyl (C=O) groups excluding carboxylic acids is 1. The summed E-state index contributed by atoms with van der Waals surface area (Å²) in [6.45, 7) is 7.19. The van der Waals surface area contributed by atoms with Gasteiger partial charge < -0.3 is 15.5 Å². The second-order valence-electron chi connectivity index (χ2n) is 10.4. The standard InChI is InChI=1S/C31H31N9OS/c1-21-3-8-26(35-30(41)23-6-4-22(5-7-23)20-40-13-11-39(2)12-14-40)16-28(21)37-31-33-10-9-27(36-31)24-15-25(18-32-17-24)29-19-34-38-42-29/h3-10,15-19H,11-14,20H2,1-2H3,(H,35,41)(H,33,36,37). The molecule has 10 nitrogen and oxygen atoms in total. The van der Waals surface area contributed by atoms with Crippen LogP contribution in [0.2, 0.25) is 0 Å². The summed E-state index contributed by atoms with van der Waals surface area (Å²) >= 11 is 1.32. The molecule has 0 spiro atoms. The maximum absolute atomic E-state index is 13.0. The predicted octanol–water partition coefficient (Wildman–Crippen LogP) is 5.11. The van der Waals surface area contributed by atoms with Crippen LogP contribution in [0.25, 0.3) is 21.7 Å². The first kappa shape index (κ1) is 27.6. The minimum atomic E-state index is -0.155. The number of anilines is 3. The molecule has 1 fully saturated rings. The molecule has 4 heterocycles. The first-order valence-corrected chi connectivity index (χ1v) is 14.5. The number of rotatable bonds is 8. The molecule has 0 aliphatic carbocycles. The zero-order valence-electron chi connectivity index (χ0n) is 23.5. The Morgan fingerprint density at radius 3 is 2.55 bits per heavy atom. The predicted molar refractivity (Wildman–Crippen MR) is 166 cm³/mol. The number of likely N-dealkylation sites (N-methyl/N-ethyl adjacent to an activating group) is 1. The quantitative estimate of drug-likeness (QED) is 0.260. The lowest BCUT2D eigenvalue weighted by Crippen LogP contribution is -2.43. The molecule has 1 saturated heterocycles. The number of aromatic nitrogens is 5. The van der Waals surface area contributed by atoms with Gasteiger partial charge in [-0.25, -0.2) is 9.97 Å². The second-order valence-corrected chi connectivity index (χ2v) is 11.2. The van der Waals surface area contributed by atoms with Gasteiger partial charge in [-0.05, 0) is 73.0 Å². The van der Waals surface area contributed by atoms with E-state index in [9.17, 15) is 4.79 Å². The molecular formula is C31H31N9OS. The zero-order chi connectivity index (χ0) is 28.9. The topological polar surface area (TPSA) is 112 Å². The van der Waals surface area contributed by atoms with Gasteiger partial charge in [0.15, 0.2) is 0 Å². The van der Waals surface area contributed by atoms with Gasteiger partial charge in [-0.2, -0.15) is 0 Å². The lowest BCUT2D eigenvalue weighted by atomic mass is 10.1. The summed E-state index contributed by atoms with van der Waals surface area (Å²) in [5, 5.41) is 10.2. The van der Waals surface area contributed by atoms with Crippen LogP contribution in [0.5, 0.6) is 0 Å². The Kier molecular flexibility index (Phi) is 8.22. The number of carbonyl (C=O) groups is 1. The van der Waals surface area contributed by atoms with Crippen LogP contribution in [-0.2, 0) is 6.54 Å². The summed E-state index contributed by atoms with van der Waals surface area (Å²) in [5.74, 6) is 0.289. The molecule has 2 aromatic carbocycles. The highest BCUT2D eigenvalue weighted by Crippen LogP contribution is 2.27. The smallest absolute Gasteiger partial charge is 0.255 e. The maximum atomic E-state index is 13.0. The Balaban J connectivity index is 1.12. The maximum Gasteiger partial charge on any atom is 0.255 e. The summed E-state index contributed by atoms with van der Waals surface area (Å²) in [6.07, 6.45) is 6.98. The Morgan fingerprint density at radius 2 is 1.76 bits per heavy atom. The van der Waals surface area contributed by atoms with E-state index in [1.165, 1.54) is 17.1 Å². The average Bonchev–Trinajstić information content (AvgIpc) is 3.56. The van der Waals surface area contributed by atoms with Gasteiger partial charge in [-0.3, -0.25) is 14.7 Å². The van der Waals surface area contributed by atoms with Crippen molar-refractivity contribution in [1.29, 1.82) is 0 Å². The van der Waals surface area contributed by atoms with Crippen LogP contribution >= 0.6 is 11.5 Å². The SMILES string of the molecule is Cc1ccc(NC(=O)c2ccc(CN3CCN(C)CC3)cc2)cc1Nc1nccc(-c2cncc(-c3cnns3)c2)n1. The molecule has 0 atom stereocenters. The highest BCUT2D eigenvalue weighted by Gasteiger charge is 2.15. The van der Waals surface area contributed by atoms with Gasteiger partial charge in [0.05, 0.1) is 16.8 Å². The van der Waals surface area contributed by atoms with Gasteiger partial charge in [0.25, 0.3) is 5.91 Å². The summed E-state index contributed by atoms with van der Waals surface area (Å²) in [5.41, 5.74) is 6.83. The Hall–Kier alpha value is -4.58. The molecule has 1 aliphatic rings. The third-order valence-electron chi connectivity index (χ3n) is 7.30. The molecule has 1 amide bonds. The van der Waals surface area contributed by atoms with E-state index < -0.39 is 0 Å². The number of pyridine rings is 1. The van der Waals surface area contributed by atoms with Crippen molar-refractivity contribution in [3.8, 4) is 21.7 Å². The fourth-order valence-electron chi connectivity index (χ4n) is 4.77. The molecule has 42 heavy (non-hydrogen) atoms. The fraction of sp³-hybridized carbons (Fsp3) is 0.226. The number of hydrogen-bond donors (Lipinski definition) is 2. The van der Waals surface area contributed by atoms with Gasteiger partial charge in [-0.1, -0.05) is 22.7 Å². The van der Waals surface area contributed by atoms with E-state index in [-0.39, 0.29) is 5.91 Å². The fourth-order valence-corrected chi connectivity index (χ4v) is 5.27. The highest BCUT2D eigenvalue weighted by molar-refractivity contribution is 7.09. The van der Waals surface area contributed by atoms with Crippen molar-refractivity contribution in [2.24, 2.45) is 0 Å². The summed E-state index contributed by atoms with van der Waals surface area (Å²) < 4.78 is 3.94. The number of hydrogen-bond acceptors (Lipinski definition) is 10. The van der Waals surface area contributed by atoms with E-state index in [0.717, 1.165) is 65.7 Å². The van der Waals surface area contributed by atoms with Gasteiger partial charge in [0.2, 0.25) is 5.95 Å². The molecule has 0 radical (unpaired) electrons. The number of nitrogens with one attached hydrogen (secondary N) is 2. The van der Waals surface area contributed by atoms with Crippen LogP contribution in [0, 0.1) is 6.92 Å². The molecule has 0 saturated carbocycles. The van der Waals surface area contributed by atoms with Gasteiger partial charge in [0, 0.05) is 79.4 Å². The normalized spacial score (nSPS) is 14.0. The molecule has 1 aliphatic heterocycles. The Morgan fingerprint density at radius 1 is 0.952 bits per heavy atom. The monoisotopic (exact) mass is 577 g/mol. The largest absolute Gasteiger partial charge is 0.324 e. The number of piperazine rings is 1. The lowest BCUT2D eigenvalue weighted by Gasteiger charge is -2.32.